The van der Waals surface area contributed by atoms with Gasteiger partial charge in [0.15, 0.2) is 12.4 Å². The Kier molecular flexibility index (Phi) is 4.34. The summed E-state index contributed by atoms with van der Waals surface area (Å²) in [6.45, 7) is -0.0418. The molecule has 1 aliphatic rings. The Morgan fingerprint density at radius 3 is 2.52 bits per heavy atom. The van der Waals surface area contributed by atoms with Crippen molar-refractivity contribution in [2.24, 2.45) is 0 Å². The third-order valence-corrected chi connectivity index (χ3v) is 4.55. The summed E-state index contributed by atoms with van der Waals surface area (Å²) >= 11 is 0. The number of hydrogen-bond acceptors (Lipinski definition) is 3. The van der Waals surface area contributed by atoms with Gasteiger partial charge in [-0.3, -0.25) is 9.59 Å². The van der Waals surface area contributed by atoms with Crippen LogP contribution in [-0.4, -0.2) is 25.5 Å². The maximum Gasteiger partial charge on any atom is 0.264 e. The van der Waals surface area contributed by atoms with Crippen molar-refractivity contribution in [2.75, 3.05) is 23.9 Å². The number of para-hydroxylation sites is 1. The molecule has 0 aromatic heterocycles. The quantitative estimate of drug-likeness (QED) is 0.771. The normalized spacial score (nSPS) is 12.9. The van der Waals surface area contributed by atoms with E-state index in [2.05, 4.69) is 5.32 Å². The molecule has 3 aromatic carbocycles. The second kappa shape index (κ2) is 6.96. The van der Waals surface area contributed by atoms with E-state index in [1.165, 1.54) is 4.90 Å². The van der Waals surface area contributed by atoms with Gasteiger partial charge in [0.05, 0.1) is 11.4 Å². The van der Waals surface area contributed by atoms with E-state index in [0.29, 0.717) is 22.7 Å². The highest BCUT2D eigenvalue weighted by Crippen LogP contribution is 2.38. The number of likely N-dealkylation sites (N-methyl/N-ethyl adjacent to an activating group) is 1. The van der Waals surface area contributed by atoms with E-state index in [9.17, 15) is 9.59 Å². The first kappa shape index (κ1) is 16.8. The van der Waals surface area contributed by atoms with Gasteiger partial charge in [-0.1, -0.05) is 48.5 Å². The largest absolute Gasteiger partial charge is 0.479 e. The summed E-state index contributed by atoms with van der Waals surface area (Å²) in [5.74, 6) is 0.151. The number of nitrogens with one attached hydrogen (secondary N) is 1. The number of benzene rings is 3. The fourth-order valence-corrected chi connectivity index (χ4v) is 3.07. The van der Waals surface area contributed by atoms with Crippen molar-refractivity contribution in [1.82, 2.24) is 0 Å². The van der Waals surface area contributed by atoms with E-state index in [1.54, 1.807) is 31.3 Å². The van der Waals surface area contributed by atoms with Crippen LogP contribution < -0.4 is 15.0 Å². The van der Waals surface area contributed by atoms with E-state index in [-0.39, 0.29) is 18.4 Å². The average molecular weight is 358 g/mol. The van der Waals surface area contributed by atoms with Gasteiger partial charge in [0.2, 0.25) is 0 Å². The van der Waals surface area contributed by atoms with Gasteiger partial charge in [-0.25, -0.2) is 0 Å². The number of hydrogen-bond donors (Lipinski definition) is 1. The molecule has 5 nitrogen and oxygen atoms in total. The average Bonchev–Trinajstić information content (AvgIpc) is 2.72. The number of nitrogens with zero attached hydrogens (tertiary/aromatic N) is 1. The lowest BCUT2D eigenvalue weighted by Crippen LogP contribution is -2.35. The molecule has 0 aliphatic carbocycles. The van der Waals surface area contributed by atoms with Crippen LogP contribution in [0.5, 0.6) is 5.75 Å². The Balaban J connectivity index is 1.62. The molecule has 0 bridgehead atoms. The van der Waals surface area contributed by atoms with Gasteiger partial charge in [-0.15, -0.1) is 0 Å². The lowest BCUT2D eigenvalue weighted by molar-refractivity contribution is -0.120. The Morgan fingerprint density at radius 1 is 0.963 bits per heavy atom. The number of amides is 2. The smallest absolute Gasteiger partial charge is 0.264 e. The van der Waals surface area contributed by atoms with Crippen LogP contribution in [0.25, 0.3) is 11.1 Å². The van der Waals surface area contributed by atoms with E-state index < -0.39 is 0 Å². The monoisotopic (exact) mass is 358 g/mol. The molecule has 0 fully saturated rings. The number of anilines is 2. The van der Waals surface area contributed by atoms with Gasteiger partial charge in [0.1, 0.15) is 0 Å². The zero-order chi connectivity index (χ0) is 18.8. The number of carbonyl (C=O) groups excluding carboxylic acids is 2. The summed E-state index contributed by atoms with van der Waals surface area (Å²) in [7, 11) is 1.69. The van der Waals surface area contributed by atoms with Crippen molar-refractivity contribution in [3.8, 4) is 16.9 Å². The first-order valence-corrected chi connectivity index (χ1v) is 8.63. The SMILES string of the molecule is CN1C(=O)COc2c(NC(=O)c3cccc(-c4ccccc4)c3)cccc21. The van der Waals surface area contributed by atoms with Crippen LogP contribution in [0.2, 0.25) is 0 Å². The molecule has 1 heterocycles. The molecule has 4 rings (SSSR count). The Bertz CT molecular complexity index is 1020. The molecular formula is C22H18N2O3. The third kappa shape index (κ3) is 3.27. The predicted octanol–water partition coefficient (Wildman–Crippen LogP) is 3.96. The molecule has 3 aromatic rings. The van der Waals surface area contributed by atoms with Crippen LogP contribution in [-0.2, 0) is 4.79 Å². The Hall–Kier alpha value is -3.60. The fraction of sp³-hybridized carbons (Fsp3) is 0.0909. The fourth-order valence-electron chi connectivity index (χ4n) is 3.07. The summed E-state index contributed by atoms with van der Waals surface area (Å²) in [6.07, 6.45) is 0. The van der Waals surface area contributed by atoms with E-state index in [1.807, 2.05) is 48.5 Å². The maximum absolute atomic E-state index is 12.8. The van der Waals surface area contributed by atoms with Crippen LogP contribution in [0, 0.1) is 0 Å². The number of rotatable bonds is 3. The molecule has 1 N–H and O–H groups in total. The minimum absolute atomic E-state index is 0.0418. The molecule has 0 saturated carbocycles. The number of fused-ring (bicyclic) bond motifs is 1. The summed E-state index contributed by atoms with van der Waals surface area (Å²) in [6, 6.07) is 22.7. The van der Waals surface area contributed by atoms with E-state index in [4.69, 9.17) is 4.74 Å². The molecule has 27 heavy (non-hydrogen) atoms. The number of ether oxygens (including phenoxy) is 1. The lowest BCUT2D eigenvalue weighted by atomic mass is 10.0. The Labute approximate surface area is 157 Å². The van der Waals surface area contributed by atoms with Crippen molar-refractivity contribution in [2.45, 2.75) is 0 Å². The summed E-state index contributed by atoms with van der Waals surface area (Å²) in [5.41, 5.74) is 3.76. The molecule has 1 aliphatic heterocycles. The number of carbonyl (C=O) groups is 2. The van der Waals surface area contributed by atoms with Crippen molar-refractivity contribution >= 4 is 23.2 Å². The third-order valence-electron chi connectivity index (χ3n) is 4.55. The molecule has 0 saturated heterocycles. The van der Waals surface area contributed by atoms with Gasteiger partial charge in [-0.2, -0.15) is 0 Å². The topological polar surface area (TPSA) is 58.6 Å². The zero-order valence-corrected chi connectivity index (χ0v) is 14.8. The molecule has 5 heteroatoms. The molecule has 0 spiro atoms. The molecule has 0 radical (unpaired) electrons. The minimum Gasteiger partial charge on any atom is -0.479 e. The molecule has 134 valence electrons. The minimum atomic E-state index is -0.232. The summed E-state index contributed by atoms with van der Waals surface area (Å²) in [4.78, 5) is 26.1. The summed E-state index contributed by atoms with van der Waals surface area (Å²) in [5, 5.41) is 2.90. The highest BCUT2D eigenvalue weighted by atomic mass is 16.5. The zero-order valence-electron chi connectivity index (χ0n) is 14.8. The van der Waals surface area contributed by atoms with Crippen molar-refractivity contribution in [1.29, 1.82) is 0 Å². The van der Waals surface area contributed by atoms with Gasteiger partial charge in [0, 0.05) is 12.6 Å². The second-order valence-electron chi connectivity index (χ2n) is 6.30. The van der Waals surface area contributed by atoms with Crippen LogP contribution in [0.1, 0.15) is 10.4 Å². The highest BCUT2D eigenvalue weighted by Gasteiger charge is 2.25. The molecule has 0 unspecified atom stereocenters. The van der Waals surface area contributed by atoms with Crippen molar-refractivity contribution in [3.63, 3.8) is 0 Å². The van der Waals surface area contributed by atoms with E-state index >= 15 is 0 Å². The molecule has 0 atom stereocenters. The van der Waals surface area contributed by atoms with Gasteiger partial charge in [0.25, 0.3) is 11.8 Å². The van der Waals surface area contributed by atoms with Crippen LogP contribution in [0.15, 0.2) is 72.8 Å². The Morgan fingerprint density at radius 2 is 1.70 bits per heavy atom. The van der Waals surface area contributed by atoms with Crippen LogP contribution >= 0.6 is 0 Å². The van der Waals surface area contributed by atoms with Gasteiger partial charge >= 0.3 is 0 Å². The maximum atomic E-state index is 12.8. The predicted molar refractivity (Wildman–Crippen MR) is 105 cm³/mol. The van der Waals surface area contributed by atoms with Crippen LogP contribution in [0.4, 0.5) is 11.4 Å². The highest BCUT2D eigenvalue weighted by molar-refractivity contribution is 6.07. The standard InChI is InChI=1S/C22H18N2O3/c1-24-19-12-6-11-18(21(19)27-14-20(24)25)23-22(26)17-10-5-9-16(13-17)15-7-3-2-4-8-15/h2-13H,14H2,1H3,(H,23,26). The molecular weight excluding hydrogens is 340 g/mol. The van der Waals surface area contributed by atoms with Crippen molar-refractivity contribution in [3.05, 3.63) is 78.4 Å². The van der Waals surface area contributed by atoms with E-state index in [0.717, 1.165) is 11.1 Å². The lowest BCUT2D eigenvalue weighted by Gasteiger charge is -2.27. The van der Waals surface area contributed by atoms with Gasteiger partial charge < -0.3 is 15.0 Å². The first-order chi connectivity index (χ1) is 13.1. The van der Waals surface area contributed by atoms with Crippen LogP contribution in [0.3, 0.4) is 0 Å². The second-order valence-corrected chi connectivity index (χ2v) is 6.30. The first-order valence-electron chi connectivity index (χ1n) is 8.63. The summed E-state index contributed by atoms with van der Waals surface area (Å²) < 4.78 is 5.56. The molecule has 2 amide bonds. The van der Waals surface area contributed by atoms with Crippen molar-refractivity contribution < 1.29 is 14.3 Å². The van der Waals surface area contributed by atoms with Gasteiger partial charge in [-0.05, 0) is 35.4 Å².